The molecule has 1 aromatic rings. The molecule has 0 atom stereocenters. The fourth-order valence-corrected chi connectivity index (χ4v) is 1.52. The molecule has 0 aliphatic rings. The molecule has 96 valence electrons. The summed E-state index contributed by atoms with van der Waals surface area (Å²) in [6.07, 6.45) is -4.21. The second-order valence-corrected chi connectivity index (χ2v) is 3.92. The zero-order chi connectivity index (χ0) is 13.1. The first-order valence-electron chi connectivity index (χ1n) is 5.22. The number of rotatable bonds is 4. The van der Waals surface area contributed by atoms with Crippen LogP contribution < -0.4 is 10.2 Å². The first kappa shape index (κ1) is 13.8. The number of nitrogens with zero attached hydrogens (tertiary/aromatic N) is 2. The average Bonchev–Trinajstić information content (AvgIpc) is 2.18. The van der Waals surface area contributed by atoms with Crippen LogP contribution in [-0.4, -0.2) is 31.8 Å². The summed E-state index contributed by atoms with van der Waals surface area (Å²) in [6.45, 7) is 1.45. The number of hydrogen-bond donors (Lipinski definition) is 1. The number of anilines is 1. The predicted octanol–water partition coefficient (Wildman–Crippen LogP) is 2.11. The Bertz CT molecular complexity index is 377. The minimum atomic E-state index is -4.21. The number of pyridine rings is 1. The normalized spacial score (nSPS) is 11.6. The maximum atomic E-state index is 12.2. The van der Waals surface area contributed by atoms with Crippen molar-refractivity contribution in [1.29, 1.82) is 0 Å². The van der Waals surface area contributed by atoms with E-state index in [4.69, 9.17) is 0 Å². The third kappa shape index (κ3) is 4.22. The fraction of sp³-hybridized carbons (Fsp3) is 0.545. The van der Waals surface area contributed by atoms with Gasteiger partial charge >= 0.3 is 6.18 Å². The molecule has 0 aliphatic heterocycles. The largest absolute Gasteiger partial charge is 0.405 e. The van der Waals surface area contributed by atoms with E-state index in [0.29, 0.717) is 12.4 Å². The van der Waals surface area contributed by atoms with E-state index in [9.17, 15) is 13.2 Å². The van der Waals surface area contributed by atoms with Crippen LogP contribution in [0.1, 0.15) is 11.3 Å². The van der Waals surface area contributed by atoms with E-state index in [1.807, 2.05) is 7.05 Å². The van der Waals surface area contributed by atoms with Crippen LogP contribution in [0.25, 0.3) is 0 Å². The maximum Gasteiger partial charge on any atom is 0.405 e. The number of aromatic nitrogens is 1. The number of halogens is 3. The molecule has 0 saturated heterocycles. The molecule has 1 N–H and O–H groups in total. The van der Waals surface area contributed by atoms with Crippen molar-refractivity contribution in [2.45, 2.75) is 19.6 Å². The van der Waals surface area contributed by atoms with Gasteiger partial charge in [-0.05, 0) is 25.6 Å². The van der Waals surface area contributed by atoms with Crippen LogP contribution in [0.15, 0.2) is 12.1 Å². The molecule has 6 heteroatoms. The van der Waals surface area contributed by atoms with Crippen LogP contribution >= 0.6 is 0 Å². The lowest BCUT2D eigenvalue weighted by molar-refractivity contribution is -0.119. The van der Waals surface area contributed by atoms with Crippen LogP contribution in [0.5, 0.6) is 0 Å². The van der Waals surface area contributed by atoms with Crippen molar-refractivity contribution < 1.29 is 13.2 Å². The lowest BCUT2D eigenvalue weighted by atomic mass is 10.2. The van der Waals surface area contributed by atoms with Gasteiger partial charge in [0.2, 0.25) is 0 Å². The Morgan fingerprint density at radius 3 is 2.47 bits per heavy atom. The molecule has 0 saturated carbocycles. The SMILES string of the molecule is CNCc1ccc(N(C)CC(F)(F)F)nc1C. The Hall–Kier alpha value is -1.30. The van der Waals surface area contributed by atoms with E-state index in [2.05, 4.69) is 10.3 Å². The van der Waals surface area contributed by atoms with Crippen molar-refractivity contribution in [1.82, 2.24) is 10.3 Å². The van der Waals surface area contributed by atoms with E-state index in [1.165, 1.54) is 7.05 Å². The third-order valence-corrected chi connectivity index (χ3v) is 2.36. The standard InChI is InChI=1S/C11H16F3N3/c1-8-9(6-15-2)4-5-10(16-8)17(3)7-11(12,13)14/h4-5,15H,6-7H2,1-3H3. The van der Waals surface area contributed by atoms with Gasteiger partial charge in [-0.15, -0.1) is 0 Å². The molecule has 0 fully saturated rings. The molecule has 0 bridgehead atoms. The molecule has 1 aromatic heterocycles. The van der Waals surface area contributed by atoms with Crippen LogP contribution in [0.3, 0.4) is 0 Å². The molecule has 0 aromatic carbocycles. The van der Waals surface area contributed by atoms with Crippen LogP contribution in [0, 0.1) is 6.92 Å². The summed E-state index contributed by atoms with van der Waals surface area (Å²) in [6, 6.07) is 3.40. The molecule has 1 heterocycles. The summed E-state index contributed by atoms with van der Waals surface area (Å²) in [4.78, 5) is 5.26. The first-order chi connectivity index (χ1) is 7.83. The Kier molecular flexibility index (Phi) is 4.34. The lowest BCUT2D eigenvalue weighted by Crippen LogP contribution is -2.31. The van der Waals surface area contributed by atoms with Crippen molar-refractivity contribution in [3.05, 3.63) is 23.4 Å². The molecule has 17 heavy (non-hydrogen) atoms. The van der Waals surface area contributed by atoms with Crippen molar-refractivity contribution in [2.24, 2.45) is 0 Å². The van der Waals surface area contributed by atoms with E-state index < -0.39 is 12.7 Å². The monoisotopic (exact) mass is 247 g/mol. The minimum Gasteiger partial charge on any atom is -0.351 e. The molecular formula is C11H16F3N3. The second kappa shape index (κ2) is 5.35. The Morgan fingerprint density at radius 2 is 2.00 bits per heavy atom. The summed E-state index contributed by atoms with van der Waals surface area (Å²) in [5, 5.41) is 2.98. The molecule has 1 rings (SSSR count). The molecule has 3 nitrogen and oxygen atoms in total. The summed E-state index contributed by atoms with van der Waals surface area (Å²) in [5.74, 6) is 0.333. The highest BCUT2D eigenvalue weighted by molar-refractivity contribution is 5.41. The summed E-state index contributed by atoms with van der Waals surface area (Å²) >= 11 is 0. The first-order valence-corrected chi connectivity index (χ1v) is 5.22. The Morgan fingerprint density at radius 1 is 1.35 bits per heavy atom. The molecular weight excluding hydrogens is 231 g/mol. The van der Waals surface area contributed by atoms with Gasteiger partial charge in [-0.2, -0.15) is 13.2 Å². The predicted molar refractivity (Wildman–Crippen MR) is 61.1 cm³/mol. The Balaban J connectivity index is 2.82. The van der Waals surface area contributed by atoms with Gasteiger partial charge in [0.05, 0.1) is 0 Å². The van der Waals surface area contributed by atoms with E-state index in [0.717, 1.165) is 16.2 Å². The van der Waals surface area contributed by atoms with Gasteiger partial charge < -0.3 is 10.2 Å². The third-order valence-electron chi connectivity index (χ3n) is 2.36. The summed E-state index contributed by atoms with van der Waals surface area (Å²) < 4.78 is 36.6. The smallest absolute Gasteiger partial charge is 0.351 e. The molecule has 0 radical (unpaired) electrons. The van der Waals surface area contributed by atoms with Crippen LogP contribution in [-0.2, 0) is 6.54 Å². The lowest BCUT2D eigenvalue weighted by Gasteiger charge is -2.20. The van der Waals surface area contributed by atoms with Crippen LogP contribution in [0.2, 0.25) is 0 Å². The zero-order valence-corrected chi connectivity index (χ0v) is 10.1. The molecule has 0 unspecified atom stereocenters. The molecule has 0 spiro atoms. The quantitative estimate of drug-likeness (QED) is 0.883. The van der Waals surface area contributed by atoms with Gasteiger partial charge in [0.15, 0.2) is 0 Å². The number of nitrogens with one attached hydrogen (secondary N) is 1. The van der Waals surface area contributed by atoms with Crippen molar-refractivity contribution >= 4 is 5.82 Å². The maximum absolute atomic E-state index is 12.2. The highest BCUT2D eigenvalue weighted by atomic mass is 19.4. The summed E-state index contributed by atoms with van der Waals surface area (Å²) in [7, 11) is 3.19. The van der Waals surface area contributed by atoms with E-state index in [-0.39, 0.29) is 0 Å². The molecule has 0 aliphatic carbocycles. The van der Waals surface area contributed by atoms with Gasteiger partial charge in [0.25, 0.3) is 0 Å². The highest BCUT2D eigenvalue weighted by Crippen LogP contribution is 2.20. The number of hydrogen-bond acceptors (Lipinski definition) is 3. The van der Waals surface area contributed by atoms with Gasteiger partial charge in [0, 0.05) is 19.3 Å². The van der Waals surface area contributed by atoms with Gasteiger partial charge in [-0.3, -0.25) is 0 Å². The van der Waals surface area contributed by atoms with Gasteiger partial charge in [-0.25, -0.2) is 4.98 Å². The van der Waals surface area contributed by atoms with E-state index >= 15 is 0 Å². The van der Waals surface area contributed by atoms with Crippen molar-refractivity contribution in [3.63, 3.8) is 0 Å². The number of aryl methyl sites for hydroxylation is 1. The van der Waals surface area contributed by atoms with Gasteiger partial charge in [-0.1, -0.05) is 6.07 Å². The number of alkyl halides is 3. The Labute approximate surface area is 98.6 Å². The molecule has 0 amide bonds. The highest BCUT2D eigenvalue weighted by Gasteiger charge is 2.29. The topological polar surface area (TPSA) is 28.2 Å². The van der Waals surface area contributed by atoms with Crippen molar-refractivity contribution in [3.8, 4) is 0 Å². The zero-order valence-electron chi connectivity index (χ0n) is 10.1. The van der Waals surface area contributed by atoms with Gasteiger partial charge in [0.1, 0.15) is 12.4 Å². The van der Waals surface area contributed by atoms with Crippen molar-refractivity contribution in [2.75, 3.05) is 25.5 Å². The fourth-order valence-electron chi connectivity index (χ4n) is 1.52. The summed E-state index contributed by atoms with van der Waals surface area (Å²) in [5.41, 5.74) is 1.72. The van der Waals surface area contributed by atoms with E-state index in [1.54, 1.807) is 19.1 Å². The minimum absolute atomic E-state index is 0.333. The second-order valence-electron chi connectivity index (χ2n) is 3.92. The average molecular weight is 247 g/mol. The van der Waals surface area contributed by atoms with Crippen LogP contribution in [0.4, 0.5) is 19.0 Å².